The highest BCUT2D eigenvalue weighted by Crippen LogP contribution is 2.25. The molecule has 0 aromatic heterocycles. The summed E-state index contributed by atoms with van der Waals surface area (Å²) in [6, 6.07) is 12.6. The summed E-state index contributed by atoms with van der Waals surface area (Å²) < 4.78 is 27.7. The van der Waals surface area contributed by atoms with Gasteiger partial charge in [-0.25, -0.2) is 13.1 Å². The Balaban J connectivity index is 1.46. The van der Waals surface area contributed by atoms with Gasteiger partial charge in [0, 0.05) is 31.6 Å². The summed E-state index contributed by atoms with van der Waals surface area (Å²) in [5.41, 5.74) is 3.67. The minimum atomic E-state index is -3.67. The van der Waals surface area contributed by atoms with Crippen LogP contribution in [0.15, 0.2) is 47.4 Å². The zero-order valence-electron chi connectivity index (χ0n) is 17.0. The molecule has 0 atom stereocenters. The summed E-state index contributed by atoms with van der Waals surface area (Å²) in [5, 5.41) is 5.63. The van der Waals surface area contributed by atoms with Crippen molar-refractivity contribution in [1.82, 2.24) is 10.0 Å². The quantitative estimate of drug-likeness (QED) is 0.561. The van der Waals surface area contributed by atoms with E-state index in [1.807, 2.05) is 31.2 Å². The van der Waals surface area contributed by atoms with Gasteiger partial charge in [-0.2, -0.15) is 0 Å². The van der Waals surface area contributed by atoms with E-state index in [2.05, 4.69) is 15.4 Å². The highest BCUT2D eigenvalue weighted by Gasteiger charge is 2.18. The third-order valence-corrected chi connectivity index (χ3v) is 6.45. The molecule has 2 aromatic carbocycles. The fourth-order valence-corrected chi connectivity index (χ4v) is 4.38. The van der Waals surface area contributed by atoms with E-state index in [1.165, 1.54) is 6.07 Å². The van der Waals surface area contributed by atoms with Crippen LogP contribution in [0.3, 0.4) is 0 Å². The molecule has 1 aliphatic heterocycles. The van der Waals surface area contributed by atoms with Crippen LogP contribution >= 0.6 is 0 Å². The molecule has 1 heterocycles. The van der Waals surface area contributed by atoms with Crippen LogP contribution in [0, 0.1) is 6.92 Å². The van der Waals surface area contributed by atoms with E-state index in [1.54, 1.807) is 12.1 Å². The van der Waals surface area contributed by atoms with Gasteiger partial charge in [0.05, 0.1) is 4.90 Å². The van der Waals surface area contributed by atoms with E-state index in [0.29, 0.717) is 37.9 Å². The number of carbonyl (C=O) groups excluding carboxylic acids is 2. The lowest BCUT2D eigenvalue weighted by Crippen LogP contribution is -2.27. The Labute approximate surface area is 177 Å². The van der Waals surface area contributed by atoms with E-state index >= 15 is 0 Å². The van der Waals surface area contributed by atoms with Gasteiger partial charge in [-0.1, -0.05) is 29.8 Å². The van der Waals surface area contributed by atoms with Gasteiger partial charge in [-0.05, 0) is 55.5 Å². The lowest BCUT2D eigenvalue weighted by Gasteiger charge is -2.11. The molecule has 0 bridgehead atoms. The number of anilines is 1. The number of rotatable bonds is 8. The van der Waals surface area contributed by atoms with Gasteiger partial charge in [0.25, 0.3) is 0 Å². The molecule has 3 N–H and O–H groups in total. The summed E-state index contributed by atoms with van der Waals surface area (Å²) in [6.07, 6.45) is 2.41. The van der Waals surface area contributed by atoms with Crippen molar-refractivity contribution in [3.63, 3.8) is 0 Å². The van der Waals surface area contributed by atoms with E-state index in [-0.39, 0.29) is 29.7 Å². The first-order valence-corrected chi connectivity index (χ1v) is 11.6. The summed E-state index contributed by atoms with van der Waals surface area (Å²) in [4.78, 5) is 23.8. The SMILES string of the molecule is Cc1ccc(CNC(=O)CCCNS(=O)(=O)c2ccc3c(c2)CCCC(=O)N3)cc1. The van der Waals surface area contributed by atoms with Gasteiger partial charge < -0.3 is 10.6 Å². The molecule has 0 saturated heterocycles. The minimum absolute atomic E-state index is 0.0527. The highest BCUT2D eigenvalue weighted by molar-refractivity contribution is 7.89. The van der Waals surface area contributed by atoms with E-state index in [9.17, 15) is 18.0 Å². The van der Waals surface area contributed by atoms with E-state index in [4.69, 9.17) is 0 Å². The topological polar surface area (TPSA) is 104 Å². The molecule has 0 spiro atoms. The van der Waals surface area contributed by atoms with Crippen LogP contribution in [-0.4, -0.2) is 26.8 Å². The Kier molecular flexibility index (Phi) is 7.23. The number of nitrogens with one attached hydrogen (secondary N) is 3. The van der Waals surface area contributed by atoms with Crippen molar-refractivity contribution in [3.05, 3.63) is 59.2 Å². The fraction of sp³-hybridized carbons (Fsp3) is 0.364. The number of carbonyl (C=O) groups is 2. The molecule has 0 unspecified atom stereocenters. The second-order valence-electron chi connectivity index (χ2n) is 7.48. The van der Waals surface area contributed by atoms with Crippen LogP contribution in [0.25, 0.3) is 0 Å². The van der Waals surface area contributed by atoms with Gasteiger partial charge >= 0.3 is 0 Å². The lowest BCUT2D eigenvalue weighted by molar-refractivity contribution is -0.121. The first-order chi connectivity index (χ1) is 14.3. The maximum Gasteiger partial charge on any atom is 0.240 e. The fourth-order valence-electron chi connectivity index (χ4n) is 3.25. The molecule has 2 amide bonds. The average Bonchev–Trinajstić information content (AvgIpc) is 2.90. The molecule has 2 aromatic rings. The van der Waals surface area contributed by atoms with Crippen molar-refractivity contribution >= 4 is 27.5 Å². The van der Waals surface area contributed by atoms with Gasteiger partial charge in [0.15, 0.2) is 0 Å². The Bertz CT molecular complexity index is 1020. The van der Waals surface area contributed by atoms with Crippen LogP contribution < -0.4 is 15.4 Å². The molecule has 0 aliphatic carbocycles. The molecular weight excluding hydrogens is 402 g/mol. The molecule has 30 heavy (non-hydrogen) atoms. The Morgan fingerprint density at radius 3 is 2.63 bits per heavy atom. The Morgan fingerprint density at radius 1 is 1.10 bits per heavy atom. The predicted molar refractivity (Wildman–Crippen MR) is 115 cm³/mol. The predicted octanol–water partition coefficient (Wildman–Crippen LogP) is 2.64. The van der Waals surface area contributed by atoms with Crippen LogP contribution in [0.2, 0.25) is 0 Å². The Hall–Kier alpha value is -2.71. The van der Waals surface area contributed by atoms with Gasteiger partial charge in [0.2, 0.25) is 21.8 Å². The van der Waals surface area contributed by atoms with Crippen molar-refractivity contribution < 1.29 is 18.0 Å². The van der Waals surface area contributed by atoms with Crippen molar-refractivity contribution in [2.45, 2.75) is 50.5 Å². The van der Waals surface area contributed by atoms with Crippen LogP contribution in [-0.2, 0) is 32.6 Å². The second-order valence-corrected chi connectivity index (χ2v) is 9.25. The third kappa shape index (κ3) is 6.14. The first kappa shape index (κ1) is 22.0. The van der Waals surface area contributed by atoms with Crippen molar-refractivity contribution in [2.24, 2.45) is 0 Å². The molecule has 7 nitrogen and oxygen atoms in total. The van der Waals surface area contributed by atoms with E-state index < -0.39 is 10.0 Å². The third-order valence-electron chi connectivity index (χ3n) is 4.99. The second kappa shape index (κ2) is 9.86. The number of hydrogen-bond donors (Lipinski definition) is 3. The smallest absolute Gasteiger partial charge is 0.240 e. The number of amides is 2. The molecule has 0 fully saturated rings. The monoisotopic (exact) mass is 429 g/mol. The number of fused-ring (bicyclic) bond motifs is 1. The number of sulfonamides is 1. The van der Waals surface area contributed by atoms with Crippen LogP contribution in [0.4, 0.5) is 5.69 Å². The molecule has 1 aliphatic rings. The lowest BCUT2D eigenvalue weighted by atomic mass is 10.1. The molecular formula is C22H27N3O4S. The molecule has 3 rings (SSSR count). The van der Waals surface area contributed by atoms with Gasteiger partial charge in [-0.15, -0.1) is 0 Å². The molecule has 0 radical (unpaired) electrons. The molecule has 0 saturated carbocycles. The number of aryl methyl sites for hydroxylation is 2. The zero-order valence-corrected chi connectivity index (χ0v) is 17.8. The van der Waals surface area contributed by atoms with Crippen LogP contribution in [0.5, 0.6) is 0 Å². The molecule has 160 valence electrons. The van der Waals surface area contributed by atoms with Gasteiger partial charge in [0.1, 0.15) is 0 Å². The number of hydrogen-bond acceptors (Lipinski definition) is 4. The molecule has 8 heteroatoms. The summed E-state index contributed by atoms with van der Waals surface area (Å²) >= 11 is 0. The largest absolute Gasteiger partial charge is 0.352 e. The normalized spacial score (nSPS) is 13.8. The zero-order chi connectivity index (χ0) is 21.6. The Morgan fingerprint density at radius 2 is 1.87 bits per heavy atom. The summed E-state index contributed by atoms with van der Waals surface area (Å²) in [6.45, 7) is 2.64. The maximum absolute atomic E-state index is 12.6. The van der Waals surface area contributed by atoms with Gasteiger partial charge in [-0.3, -0.25) is 9.59 Å². The minimum Gasteiger partial charge on any atom is -0.352 e. The van der Waals surface area contributed by atoms with E-state index in [0.717, 1.165) is 16.7 Å². The average molecular weight is 430 g/mol. The first-order valence-electron chi connectivity index (χ1n) is 10.1. The summed E-state index contributed by atoms with van der Waals surface area (Å²) in [7, 11) is -3.67. The van der Waals surface area contributed by atoms with Crippen molar-refractivity contribution in [2.75, 3.05) is 11.9 Å². The van der Waals surface area contributed by atoms with Crippen LogP contribution in [0.1, 0.15) is 42.4 Å². The van der Waals surface area contributed by atoms with Crippen molar-refractivity contribution in [3.8, 4) is 0 Å². The number of benzene rings is 2. The standard InChI is InChI=1S/C22H27N3O4S/c1-16-7-9-17(10-8-16)15-23-21(26)6-3-13-24-30(28,29)19-11-12-20-18(14-19)4-2-5-22(27)25-20/h7-12,14,24H,2-6,13,15H2,1H3,(H,23,26)(H,25,27). The highest BCUT2D eigenvalue weighted by atomic mass is 32.2. The van der Waals surface area contributed by atoms with Crippen molar-refractivity contribution in [1.29, 1.82) is 0 Å². The maximum atomic E-state index is 12.6. The summed E-state index contributed by atoms with van der Waals surface area (Å²) in [5.74, 6) is -0.168.